The highest BCUT2D eigenvalue weighted by molar-refractivity contribution is 5.49. The molecule has 1 aliphatic rings. The molecule has 1 aromatic rings. The van der Waals surface area contributed by atoms with Crippen LogP contribution in [0.5, 0.6) is 11.5 Å². The van der Waals surface area contributed by atoms with E-state index in [1.807, 2.05) is 0 Å². The summed E-state index contributed by atoms with van der Waals surface area (Å²) in [5.41, 5.74) is 6.10. The van der Waals surface area contributed by atoms with E-state index < -0.39 is 5.54 Å². The van der Waals surface area contributed by atoms with Gasteiger partial charge >= 0.3 is 0 Å². The second-order valence-corrected chi connectivity index (χ2v) is 4.07. The molecule has 0 heterocycles. The van der Waals surface area contributed by atoms with E-state index in [0.29, 0.717) is 24.2 Å². The van der Waals surface area contributed by atoms with Crippen molar-refractivity contribution in [1.82, 2.24) is 0 Å². The highest BCUT2D eigenvalue weighted by Crippen LogP contribution is 2.45. The zero-order valence-corrected chi connectivity index (χ0v) is 8.60. The summed E-state index contributed by atoms with van der Waals surface area (Å²) >= 11 is 0. The van der Waals surface area contributed by atoms with Gasteiger partial charge in [0.25, 0.3) is 0 Å². The zero-order chi connectivity index (χ0) is 11.1. The first-order chi connectivity index (χ1) is 7.07. The van der Waals surface area contributed by atoms with Crippen LogP contribution in [-0.4, -0.2) is 23.4 Å². The molecule has 82 valence electrons. The first-order valence-corrected chi connectivity index (χ1v) is 4.90. The summed E-state index contributed by atoms with van der Waals surface area (Å²) in [6.45, 7) is 0. The maximum absolute atomic E-state index is 9.89. The van der Waals surface area contributed by atoms with Gasteiger partial charge in [0, 0.05) is 11.1 Å². The van der Waals surface area contributed by atoms with Crippen LogP contribution in [0.25, 0.3) is 0 Å². The molecular formula is C11H15NO3. The van der Waals surface area contributed by atoms with Crippen molar-refractivity contribution in [2.24, 2.45) is 5.73 Å². The van der Waals surface area contributed by atoms with Crippen LogP contribution in [0, 0.1) is 0 Å². The lowest BCUT2D eigenvalue weighted by Crippen LogP contribution is -2.51. The molecule has 1 fully saturated rings. The second kappa shape index (κ2) is 3.40. The van der Waals surface area contributed by atoms with Crippen molar-refractivity contribution in [3.8, 4) is 11.5 Å². The van der Waals surface area contributed by atoms with Crippen LogP contribution in [-0.2, 0) is 5.54 Å². The van der Waals surface area contributed by atoms with E-state index in [0.717, 1.165) is 0 Å². The largest absolute Gasteiger partial charge is 0.504 e. The fourth-order valence-corrected chi connectivity index (χ4v) is 2.09. The highest BCUT2D eigenvalue weighted by atomic mass is 16.5. The van der Waals surface area contributed by atoms with Gasteiger partial charge in [-0.25, -0.2) is 0 Å². The monoisotopic (exact) mass is 209 g/mol. The number of aliphatic hydroxyl groups excluding tert-OH is 1. The first kappa shape index (κ1) is 10.3. The Labute approximate surface area is 88.3 Å². The molecule has 0 atom stereocenters. The van der Waals surface area contributed by atoms with Crippen LogP contribution >= 0.6 is 0 Å². The highest BCUT2D eigenvalue weighted by Gasteiger charge is 2.43. The van der Waals surface area contributed by atoms with Crippen LogP contribution < -0.4 is 10.5 Å². The molecule has 1 saturated carbocycles. The molecule has 0 unspecified atom stereocenters. The van der Waals surface area contributed by atoms with Gasteiger partial charge in [-0.15, -0.1) is 0 Å². The SMILES string of the molecule is COc1cccc(C2(N)CC(O)C2)c1O. The fraction of sp³-hybridized carbons (Fsp3) is 0.455. The van der Waals surface area contributed by atoms with E-state index in [2.05, 4.69) is 0 Å². The van der Waals surface area contributed by atoms with Crippen molar-refractivity contribution in [3.05, 3.63) is 23.8 Å². The van der Waals surface area contributed by atoms with Crippen molar-refractivity contribution in [1.29, 1.82) is 0 Å². The third-order valence-corrected chi connectivity index (χ3v) is 2.96. The Morgan fingerprint density at radius 1 is 1.47 bits per heavy atom. The molecule has 1 aromatic carbocycles. The first-order valence-electron chi connectivity index (χ1n) is 4.90. The van der Waals surface area contributed by atoms with E-state index in [1.54, 1.807) is 18.2 Å². The molecule has 0 aromatic heterocycles. The number of hydrogen-bond donors (Lipinski definition) is 3. The van der Waals surface area contributed by atoms with Gasteiger partial charge < -0.3 is 20.7 Å². The molecule has 0 radical (unpaired) electrons. The van der Waals surface area contributed by atoms with E-state index >= 15 is 0 Å². The summed E-state index contributed by atoms with van der Waals surface area (Å²) in [7, 11) is 1.50. The van der Waals surface area contributed by atoms with Crippen LogP contribution in [0.2, 0.25) is 0 Å². The number of benzene rings is 1. The zero-order valence-electron chi connectivity index (χ0n) is 8.60. The maximum Gasteiger partial charge on any atom is 0.162 e. The summed E-state index contributed by atoms with van der Waals surface area (Å²) in [4.78, 5) is 0. The molecule has 0 saturated heterocycles. The van der Waals surface area contributed by atoms with Gasteiger partial charge in [-0.05, 0) is 18.9 Å². The molecule has 0 spiro atoms. The number of phenolic OH excluding ortho intramolecular Hbond substituents is 1. The van der Waals surface area contributed by atoms with Gasteiger partial charge in [0.2, 0.25) is 0 Å². The third-order valence-electron chi connectivity index (χ3n) is 2.96. The van der Waals surface area contributed by atoms with Crippen LogP contribution in [0.4, 0.5) is 0 Å². The number of nitrogens with two attached hydrogens (primary N) is 1. The molecule has 0 bridgehead atoms. The standard InChI is InChI=1S/C11H15NO3/c1-15-9-4-2-3-8(10(9)14)11(12)5-7(13)6-11/h2-4,7,13-14H,5-6,12H2,1H3. The van der Waals surface area contributed by atoms with Crippen molar-refractivity contribution in [2.45, 2.75) is 24.5 Å². The molecule has 0 aliphatic heterocycles. The number of ether oxygens (including phenoxy) is 1. The van der Waals surface area contributed by atoms with E-state index in [1.165, 1.54) is 7.11 Å². The van der Waals surface area contributed by atoms with Gasteiger partial charge in [0.05, 0.1) is 13.2 Å². The van der Waals surface area contributed by atoms with Crippen molar-refractivity contribution in [3.63, 3.8) is 0 Å². The summed E-state index contributed by atoms with van der Waals surface area (Å²) in [5, 5.41) is 19.2. The summed E-state index contributed by atoms with van der Waals surface area (Å²) in [6.07, 6.45) is 0.599. The average Bonchev–Trinajstić information content (AvgIpc) is 2.16. The van der Waals surface area contributed by atoms with Crippen LogP contribution in [0.1, 0.15) is 18.4 Å². The Hall–Kier alpha value is -1.26. The molecule has 1 aliphatic carbocycles. The van der Waals surface area contributed by atoms with Crippen LogP contribution in [0.15, 0.2) is 18.2 Å². The number of hydrogen-bond acceptors (Lipinski definition) is 4. The Morgan fingerprint density at radius 3 is 2.67 bits per heavy atom. The quantitative estimate of drug-likeness (QED) is 0.670. The number of para-hydroxylation sites is 1. The van der Waals surface area contributed by atoms with Gasteiger partial charge in [-0.2, -0.15) is 0 Å². The maximum atomic E-state index is 9.89. The number of phenols is 1. The lowest BCUT2D eigenvalue weighted by Gasteiger charge is -2.42. The van der Waals surface area contributed by atoms with Crippen LogP contribution in [0.3, 0.4) is 0 Å². The Balaban J connectivity index is 2.37. The summed E-state index contributed by atoms with van der Waals surface area (Å²) in [5.74, 6) is 0.494. The van der Waals surface area contributed by atoms with Crippen molar-refractivity contribution in [2.75, 3.05) is 7.11 Å². The number of rotatable bonds is 2. The predicted molar refractivity (Wildman–Crippen MR) is 55.8 cm³/mol. The smallest absolute Gasteiger partial charge is 0.162 e. The minimum atomic E-state index is -0.613. The Kier molecular flexibility index (Phi) is 2.32. The number of aliphatic hydroxyl groups is 1. The molecular weight excluding hydrogens is 194 g/mol. The minimum Gasteiger partial charge on any atom is -0.504 e. The number of methoxy groups -OCH3 is 1. The molecule has 4 N–H and O–H groups in total. The molecule has 4 heteroatoms. The Bertz CT molecular complexity index is 372. The van der Waals surface area contributed by atoms with Gasteiger partial charge in [0.1, 0.15) is 0 Å². The molecule has 15 heavy (non-hydrogen) atoms. The predicted octanol–water partition coefficient (Wildman–Crippen LogP) is 0.710. The van der Waals surface area contributed by atoms with E-state index in [-0.39, 0.29) is 11.9 Å². The second-order valence-electron chi connectivity index (χ2n) is 4.07. The molecule has 2 rings (SSSR count). The average molecular weight is 209 g/mol. The lowest BCUT2D eigenvalue weighted by atomic mass is 9.70. The van der Waals surface area contributed by atoms with Gasteiger partial charge in [-0.1, -0.05) is 12.1 Å². The summed E-state index contributed by atoms with van der Waals surface area (Å²) < 4.78 is 5.01. The van der Waals surface area contributed by atoms with E-state index in [9.17, 15) is 10.2 Å². The third kappa shape index (κ3) is 1.56. The van der Waals surface area contributed by atoms with E-state index in [4.69, 9.17) is 10.5 Å². The van der Waals surface area contributed by atoms with Crippen molar-refractivity contribution >= 4 is 0 Å². The topological polar surface area (TPSA) is 75.7 Å². The van der Waals surface area contributed by atoms with Gasteiger partial charge in [0.15, 0.2) is 11.5 Å². The fourth-order valence-electron chi connectivity index (χ4n) is 2.09. The Morgan fingerprint density at radius 2 is 2.13 bits per heavy atom. The number of aromatic hydroxyl groups is 1. The lowest BCUT2D eigenvalue weighted by molar-refractivity contribution is 0.0197. The van der Waals surface area contributed by atoms with Crippen molar-refractivity contribution < 1.29 is 14.9 Å². The normalized spacial score (nSPS) is 29.7. The summed E-state index contributed by atoms with van der Waals surface area (Å²) in [6, 6.07) is 5.23. The van der Waals surface area contributed by atoms with Gasteiger partial charge in [-0.3, -0.25) is 0 Å². The minimum absolute atomic E-state index is 0.0781. The molecule has 4 nitrogen and oxygen atoms in total. The molecule has 0 amide bonds.